The number of aromatic nitrogens is 1. The number of amides is 1. The lowest BCUT2D eigenvalue weighted by atomic mass is 10.1. The summed E-state index contributed by atoms with van der Waals surface area (Å²) in [5, 5.41) is 0.906. The minimum atomic E-state index is -0.186. The molecule has 30 heavy (non-hydrogen) atoms. The van der Waals surface area contributed by atoms with Crippen LogP contribution in [0.25, 0.3) is 10.9 Å². The predicted octanol–water partition coefficient (Wildman–Crippen LogP) is 3.92. The number of H-pyrrole nitrogens is 1. The summed E-state index contributed by atoms with van der Waals surface area (Å²) in [5.74, 6) is 1.45. The molecule has 158 valence electrons. The van der Waals surface area contributed by atoms with Crippen molar-refractivity contribution in [3.8, 4) is 11.5 Å². The van der Waals surface area contributed by atoms with E-state index in [1.165, 1.54) is 0 Å². The molecule has 0 radical (unpaired) electrons. The van der Waals surface area contributed by atoms with Crippen LogP contribution in [0.4, 0.5) is 0 Å². The number of aromatic amines is 1. The molecule has 6 nitrogen and oxygen atoms in total. The number of nitrogens with zero attached hydrogens (tertiary/aromatic N) is 1. The largest absolute Gasteiger partial charge is 0.497 e. The van der Waals surface area contributed by atoms with Gasteiger partial charge in [0.05, 0.1) is 32.7 Å². The maximum Gasteiger partial charge on any atom is 0.253 e. The first-order chi connectivity index (χ1) is 14.5. The van der Waals surface area contributed by atoms with Crippen LogP contribution in [-0.2, 0) is 17.8 Å². The summed E-state index contributed by atoms with van der Waals surface area (Å²) in [7, 11) is 3.21. The van der Waals surface area contributed by atoms with Crippen molar-refractivity contribution in [3.05, 3.63) is 70.0 Å². The number of rotatable bonds is 9. The Morgan fingerprint density at radius 1 is 1.00 bits per heavy atom. The second kappa shape index (κ2) is 9.96. The smallest absolute Gasteiger partial charge is 0.253 e. The summed E-state index contributed by atoms with van der Waals surface area (Å²) >= 11 is 0. The van der Waals surface area contributed by atoms with Gasteiger partial charge < -0.3 is 19.4 Å². The molecule has 0 atom stereocenters. The van der Waals surface area contributed by atoms with Crippen LogP contribution in [-0.4, -0.2) is 36.6 Å². The average molecular weight is 408 g/mol. The number of fused-ring (bicyclic) bond motifs is 1. The van der Waals surface area contributed by atoms with Crippen molar-refractivity contribution in [2.24, 2.45) is 0 Å². The summed E-state index contributed by atoms with van der Waals surface area (Å²) in [6.07, 6.45) is 2.15. The molecule has 0 saturated carbocycles. The summed E-state index contributed by atoms with van der Waals surface area (Å²) in [6.45, 7) is 2.99. The highest BCUT2D eigenvalue weighted by Gasteiger charge is 2.16. The van der Waals surface area contributed by atoms with Crippen LogP contribution in [0, 0.1) is 0 Å². The third kappa shape index (κ3) is 5.20. The van der Waals surface area contributed by atoms with Gasteiger partial charge in [-0.2, -0.15) is 0 Å². The number of benzene rings is 2. The van der Waals surface area contributed by atoms with Crippen molar-refractivity contribution >= 4 is 16.8 Å². The monoisotopic (exact) mass is 408 g/mol. The number of hydrogen-bond donors (Lipinski definition) is 1. The number of pyridine rings is 1. The van der Waals surface area contributed by atoms with Gasteiger partial charge in [-0.15, -0.1) is 0 Å². The van der Waals surface area contributed by atoms with E-state index in [0.717, 1.165) is 29.5 Å². The lowest BCUT2D eigenvalue weighted by molar-refractivity contribution is -0.131. The molecule has 1 amide bonds. The van der Waals surface area contributed by atoms with Crippen molar-refractivity contribution in [1.29, 1.82) is 0 Å². The SMILES string of the molecule is CCCCN(Cc1cc2ccc(OC)cc2[nH]c1=O)C(=O)Cc1ccc(OC)cc1. The van der Waals surface area contributed by atoms with Crippen molar-refractivity contribution in [1.82, 2.24) is 9.88 Å². The molecule has 0 aliphatic rings. The van der Waals surface area contributed by atoms with Gasteiger partial charge in [0.2, 0.25) is 5.91 Å². The van der Waals surface area contributed by atoms with E-state index < -0.39 is 0 Å². The molecule has 2 aromatic carbocycles. The number of unbranched alkanes of at least 4 members (excludes halogenated alkanes) is 1. The van der Waals surface area contributed by atoms with E-state index in [1.54, 1.807) is 25.2 Å². The molecule has 1 N–H and O–H groups in total. The van der Waals surface area contributed by atoms with Crippen LogP contribution in [0.15, 0.2) is 53.3 Å². The second-order valence-electron chi connectivity index (χ2n) is 7.27. The van der Waals surface area contributed by atoms with Crippen molar-refractivity contribution in [2.75, 3.05) is 20.8 Å². The number of nitrogens with one attached hydrogen (secondary N) is 1. The zero-order chi connectivity index (χ0) is 21.5. The van der Waals surface area contributed by atoms with Gasteiger partial charge in [-0.05, 0) is 47.7 Å². The first kappa shape index (κ1) is 21.4. The quantitative estimate of drug-likeness (QED) is 0.583. The Hall–Kier alpha value is -3.28. The first-order valence-corrected chi connectivity index (χ1v) is 10.1. The first-order valence-electron chi connectivity index (χ1n) is 10.1. The molecular formula is C24H28N2O4. The number of carbonyl (C=O) groups is 1. The van der Waals surface area contributed by atoms with E-state index in [1.807, 2.05) is 42.5 Å². The van der Waals surface area contributed by atoms with Crippen molar-refractivity contribution in [3.63, 3.8) is 0 Å². The molecule has 0 bridgehead atoms. The summed E-state index contributed by atoms with van der Waals surface area (Å²) in [6, 6.07) is 14.9. The Bertz CT molecular complexity index is 1060. The lowest BCUT2D eigenvalue weighted by Crippen LogP contribution is -2.34. The van der Waals surface area contributed by atoms with Crippen LogP contribution >= 0.6 is 0 Å². The zero-order valence-corrected chi connectivity index (χ0v) is 17.7. The van der Waals surface area contributed by atoms with E-state index in [2.05, 4.69) is 11.9 Å². The molecule has 1 aromatic heterocycles. The van der Waals surface area contributed by atoms with Gasteiger partial charge in [0.25, 0.3) is 5.56 Å². The molecule has 0 fully saturated rings. The molecule has 1 heterocycles. The van der Waals surface area contributed by atoms with E-state index in [9.17, 15) is 9.59 Å². The molecule has 3 rings (SSSR count). The predicted molar refractivity (Wildman–Crippen MR) is 118 cm³/mol. The summed E-state index contributed by atoms with van der Waals surface area (Å²) < 4.78 is 10.4. The van der Waals surface area contributed by atoms with E-state index >= 15 is 0 Å². The minimum absolute atomic E-state index is 0.00263. The third-order valence-electron chi connectivity index (χ3n) is 5.14. The fraction of sp³-hybridized carbons (Fsp3) is 0.333. The van der Waals surface area contributed by atoms with Gasteiger partial charge >= 0.3 is 0 Å². The number of ether oxygens (including phenoxy) is 2. The van der Waals surface area contributed by atoms with Crippen molar-refractivity contribution < 1.29 is 14.3 Å². The maximum absolute atomic E-state index is 13.0. The Morgan fingerprint density at radius 2 is 1.70 bits per heavy atom. The topological polar surface area (TPSA) is 71.6 Å². The van der Waals surface area contributed by atoms with Crippen LogP contribution < -0.4 is 15.0 Å². The fourth-order valence-electron chi connectivity index (χ4n) is 3.35. The van der Waals surface area contributed by atoms with Gasteiger partial charge in [-0.25, -0.2) is 0 Å². The van der Waals surface area contributed by atoms with Crippen LogP contribution in [0.2, 0.25) is 0 Å². The highest BCUT2D eigenvalue weighted by atomic mass is 16.5. The zero-order valence-electron chi connectivity index (χ0n) is 17.7. The number of methoxy groups -OCH3 is 2. The fourth-order valence-corrected chi connectivity index (χ4v) is 3.35. The van der Waals surface area contributed by atoms with Crippen LogP contribution in [0.5, 0.6) is 11.5 Å². The molecule has 0 aliphatic heterocycles. The highest BCUT2D eigenvalue weighted by Crippen LogP contribution is 2.19. The third-order valence-corrected chi connectivity index (χ3v) is 5.14. The van der Waals surface area contributed by atoms with Gasteiger partial charge in [0.1, 0.15) is 11.5 Å². The normalized spacial score (nSPS) is 10.8. The number of hydrogen-bond acceptors (Lipinski definition) is 4. The van der Waals surface area contributed by atoms with E-state index in [4.69, 9.17) is 9.47 Å². The van der Waals surface area contributed by atoms with Gasteiger partial charge in [-0.3, -0.25) is 9.59 Å². The van der Waals surface area contributed by atoms with E-state index in [0.29, 0.717) is 23.4 Å². The molecule has 0 unspecified atom stereocenters. The Balaban J connectivity index is 1.81. The molecule has 0 saturated heterocycles. The van der Waals surface area contributed by atoms with Gasteiger partial charge in [0.15, 0.2) is 0 Å². The summed E-state index contributed by atoms with van der Waals surface area (Å²) in [5.41, 5.74) is 2.02. The lowest BCUT2D eigenvalue weighted by Gasteiger charge is -2.23. The Kier molecular flexibility index (Phi) is 7.12. The van der Waals surface area contributed by atoms with E-state index in [-0.39, 0.29) is 24.4 Å². The maximum atomic E-state index is 13.0. The highest BCUT2D eigenvalue weighted by molar-refractivity contribution is 5.81. The number of carbonyl (C=O) groups excluding carboxylic acids is 1. The molecule has 0 aliphatic carbocycles. The standard InChI is InChI=1S/C24H28N2O4/c1-4-5-12-26(23(27)13-17-6-9-20(29-2)10-7-17)16-19-14-18-8-11-21(30-3)15-22(18)25-24(19)28/h6-11,14-15H,4-5,12-13,16H2,1-3H3,(H,25,28). The molecule has 0 spiro atoms. The van der Waals surface area contributed by atoms with Crippen molar-refractivity contribution in [2.45, 2.75) is 32.7 Å². The summed E-state index contributed by atoms with van der Waals surface area (Å²) in [4.78, 5) is 30.3. The van der Waals surface area contributed by atoms with Gasteiger partial charge in [-0.1, -0.05) is 25.5 Å². The van der Waals surface area contributed by atoms with Gasteiger partial charge in [0, 0.05) is 18.2 Å². The second-order valence-corrected chi connectivity index (χ2v) is 7.27. The van der Waals surface area contributed by atoms with Crippen LogP contribution in [0.3, 0.4) is 0 Å². The minimum Gasteiger partial charge on any atom is -0.497 e. The average Bonchev–Trinajstić information content (AvgIpc) is 2.76. The Labute approximate surface area is 176 Å². The molecular weight excluding hydrogens is 380 g/mol. The molecule has 3 aromatic rings. The molecule has 6 heteroatoms. The Morgan fingerprint density at radius 3 is 2.37 bits per heavy atom. The van der Waals surface area contributed by atoms with Crippen LogP contribution in [0.1, 0.15) is 30.9 Å².